The first-order valence-electron chi connectivity index (χ1n) is 7.09. The molecule has 1 aromatic carbocycles. The third-order valence-electron chi connectivity index (χ3n) is 3.43. The van der Waals surface area contributed by atoms with Crippen LogP contribution in [-0.2, 0) is 4.79 Å². The quantitative estimate of drug-likeness (QED) is 0.859. The zero-order chi connectivity index (χ0) is 15.9. The second kappa shape index (κ2) is 7.36. The third kappa shape index (κ3) is 4.15. The molecule has 114 valence electrons. The summed E-state index contributed by atoms with van der Waals surface area (Å²) in [6.07, 6.45) is 3.89. The predicted octanol–water partition coefficient (Wildman–Crippen LogP) is 2.59. The van der Waals surface area contributed by atoms with E-state index in [4.69, 9.17) is 5.11 Å². The van der Waals surface area contributed by atoms with Crippen LogP contribution in [-0.4, -0.2) is 28.5 Å². The fourth-order valence-electron chi connectivity index (χ4n) is 1.98. The molecule has 1 aromatic heterocycles. The molecule has 2 aromatic rings. The summed E-state index contributed by atoms with van der Waals surface area (Å²) in [7, 11) is 0. The van der Waals surface area contributed by atoms with Gasteiger partial charge in [-0.2, -0.15) is 0 Å². The Hall–Kier alpha value is -2.69. The maximum atomic E-state index is 12.0. The first-order chi connectivity index (χ1) is 10.6. The van der Waals surface area contributed by atoms with Gasteiger partial charge in [-0.15, -0.1) is 0 Å². The van der Waals surface area contributed by atoms with E-state index in [1.165, 1.54) is 0 Å². The standard InChI is InChI=1S/C17H18N2O3/c1-12(17(21)22)8-10-19-16(20)14-6-4-13(5-7-14)15-3-2-9-18-11-15/h2-7,9,11-12H,8,10H2,1H3,(H,19,20)(H,21,22). The van der Waals surface area contributed by atoms with Crippen molar-refractivity contribution in [2.45, 2.75) is 13.3 Å². The molecular weight excluding hydrogens is 280 g/mol. The number of carbonyl (C=O) groups excluding carboxylic acids is 1. The Labute approximate surface area is 129 Å². The largest absolute Gasteiger partial charge is 0.481 e. The molecule has 0 saturated heterocycles. The SMILES string of the molecule is CC(CCNC(=O)c1ccc(-c2cccnc2)cc1)C(=O)O. The van der Waals surface area contributed by atoms with Gasteiger partial charge in [-0.3, -0.25) is 14.6 Å². The van der Waals surface area contributed by atoms with Gasteiger partial charge in [0.2, 0.25) is 0 Å². The number of carbonyl (C=O) groups is 2. The summed E-state index contributed by atoms with van der Waals surface area (Å²) in [5, 5.41) is 11.5. The highest BCUT2D eigenvalue weighted by Crippen LogP contribution is 2.18. The molecule has 2 rings (SSSR count). The molecule has 22 heavy (non-hydrogen) atoms. The lowest BCUT2D eigenvalue weighted by Gasteiger charge is -2.08. The highest BCUT2D eigenvalue weighted by Gasteiger charge is 2.11. The van der Waals surface area contributed by atoms with Crippen LogP contribution in [0.4, 0.5) is 0 Å². The number of carboxylic acids is 1. The number of nitrogens with one attached hydrogen (secondary N) is 1. The van der Waals surface area contributed by atoms with Crippen molar-refractivity contribution < 1.29 is 14.7 Å². The highest BCUT2D eigenvalue weighted by molar-refractivity contribution is 5.94. The number of hydrogen-bond donors (Lipinski definition) is 2. The summed E-state index contributed by atoms with van der Waals surface area (Å²) in [5.74, 6) is -1.52. The minimum atomic E-state index is -0.852. The monoisotopic (exact) mass is 298 g/mol. The van der Waals surface area contributed by atoms with Crippen molar-refractivity contribution in [2.75, 3.05) is 6.54 Å². The Kier molecular flexibility index (Phi) is 5.25. The lowest BCUT2D eigenvalue weighted by atomic mass is 10.1. The summed E-state index contributed by atoms with van der Waals surface area (Å²) in [4.78, 5) is 26.7. The molecule has 1 unspecified atom stereocenters. The van der Waals surface area contributed by atoms with Crippen molar-refractivity contribution in [3.63, 3.8) is 0 Å². The van der Waals surface area contributed by atoms with Crippen LogP contribution in [0.15, 0.2) is 48.8 Å². The Bertz CT molecular complexity index is 639. The second-order valence-electron chi connectivity index (χ2n) is 5.10. The molecular formula is C17H18N2O3. The number of pyridine rings is 1. The summed E-state index contributed by atoms with van der Waals surface area (Å²) in [6.45, 7) is 1.97. The summed E-state index contributed by atoms with van der Waals surface area (Å²) in [6, 6.07) is 11.0. The number of rotatable bonds is 6. The number of carboxylic acid groups (broad SMARTS) is 1. The second-order valence-corrected chi connectivity index (χ2v) is 5.10. The van der Waals surface area contributed by atoms with Crippen molar-refractivity contribution in [3.05, 3.63) is 54.4 Å². The lowest BCUT2D eigenvalue weighted by molar-refractivity contribution is -0.141. The van der Waals surface area contributed by atoms with E-state index in [0.717, 1.165) is 11.1 Å². The van der Waals surface area contributed by atoms with E-state index >= 15 is 0 Å². The van der Waals surface area contributed by atoms with Crippen molar-refractivity contribution in [3.8, 4) is 11.1 Å². The normalized spacial score (nSPS) is 11.7. The van der Waals surface area contributed by atoms with Gasteiger partial charge in [0.25, 0.3) is 5.91 Å². The number of aliphatic carboxylic acids is 1. The molecule has 0 saturated carbocycles. The minimum absolute atomic E-state index is 0.199. The van der Waals surface area contributed by atoms with E-state index in [0.29, 0.717) is 18.5 Å². The van der Waals surface area contributed by atoms with Crippen LogP contribution >= 0.6 is 0 Å². The van der Waals surface area contributed by atoms with Crippen molar-refractivity contribution in [1.82, 2.24) is 10.3 Å². The molecule has 1 amide bonds. The molecule has 0 spiro atoms. The van der Waals surface area contributed by atoms with Gasteiger partial charge in [-0.05, 0) is 35.7 Å². The van der Waals surface area contributed by atoms with Gasteiger partial charge in [-0.1, -0.05) is 25.1 Å². The van der Waals surface area contributed by atoms with E-state index in [1.807, 2.05) is 24.3 Å². The zero-order valence-corrected chi connectivity index (χ0v) is 12.3. The molecule has 0 fully saturated rings. The van der Waals surface area contributed by atoms with Crippen LogP contribution in [0, 0.1) is 5.92 Å². The van der Waals surface area contributed by atoms with E-state index in [-0.39, 0.29) is 5.91 Å². The smallest absolute Gasteiger partial charge is 0.306 e. The third-order valence-corrected chi connectivity index (χ3v) is 3.43. The van der Waals surface area contributed by atoms with E-state index in [9.17, 15) is 9.59 Å². The van der Waals surface area contributed by atoms with Crippen molar-refractivity contribution in [2.24, 2.45) is 5.92 Å². The first-order valence-corrected chi connectivity index (χ1v) is 7.09. The highest BCUT2D eigenvalue weighted by atomic mass is 16.4. The van der Waals surface area contributed by atoms with Gasteiger partial charge < -0.3 is 10.4 Å². The predicted molar refractivity (Wildman–Crippen MR) is 83.4 cm³/mol. The number of amides is 1. The van der Waals surface area contributed by atoms with Crippen LogP contribution < -0.4 is 5.32 Å². The molecule has 0 aliphatic rings. The average Bonchev–Trinajstić information content (AvgIpc) is 2.55. The summed E-state index contributed by atoms with van der Waals surface area (Å²) >= 11 is 0. The maximum Gasteiger partial charge on any atom is 0.306 e. The zero-order valence-electron chi connectivity index (χ0n) is 12.3. The van der Waals surface area contributed by atoms with Crippen LogP contribution in [0.1, 0.15) is 23.7 Å². The molecule has 2 N–H and O–H groups in total. The van der Waals surface area contributed by atoms with Gasteiger partial charge in [0.05, 0.1) is 5.92 Å². The number of aromatic nitrogens is 1. The number of hydrogen-bond acceptors (Lipinski definition) is 3. The fourth-order valence-corrected chi connectivity index (χ4v) is 1.98. The Morgan fingerprint density at radius 2 is 1.91 bits per heavy atom. The van der Waals surface area contributed by atoms with Gasteiger partial charge in [0.15, 0.2) is 0 Å². The molecule has 5 nitrogen and oxygen atoms in total. The molecule has 0 bridgehead atoms. The molecule has 0 radical (unpaired) electrons. The molecule has 0 aliphatic heterocycles. The lowest BCUT2D eigenvalue weighted by Crippen LogP contribution is -2.26. The first kappa shape index (κ1) is 15.7. The molecule has 1 heterocycles. The van der Waals surface area contributed by atoms with E-state index < -0.39 is 11.9 Å². The van der Waals surface area contributed by atoms with E-state index in [1.54, 1.807) is 31.5 Å². The Balaban J connectivity index is 1.93. The molecule has 5 heteroatoms. The van der Waals surface area contributed by atoms with Crippen molar-refractivity contribution in [1.29, 1.82) is 0 Å². The Morgan fingerprint density at radius 3 is 2.50 bits per heavy atom. The van der Waals surface area contributed by atoms with Crippen LogP contribution in [0.25, 0.3) is 11.1 Å². The topological polar surface area (TPSA) is 79.3 Å². The molecule has 0 aliphatic carbocycles. The van der Waals surface area contributed by atoms with Gasteiger partial charge in [-0.25, -0.2) is 0 Å². The van der Waals surface area contributed by atoms with Gasteiger partial charge >= 0.3 is 5.97 Å². The minimum Gasteiger partial charge on any atom is -0.481 e. The van der Waals surface area contributed by atoms with E-state index in [2.05, 4.69) is 10.3 Å². The van der Waals surface area contributed by atoms with Crippen LogP contribution in [0.5, 0.6) is 0 Å². The molecule has 1 atom stereocenters. The maximum absolute atomic E-state index is 12.0. The fraction of sp³-hybridized carbons (Fsp3) is 0.235. The van der Waals surface area contributed by atoms with Gasteiger partial charge in [0.1, 0.15) is 0 Å². The average molecular weight is 298 g/mol. The van der Waals surface area contributed by atoms with Gasteiger partial charge in [0, 0.05) is 24.5 Å². The van der Waals surface area contributed by atoms with Crippen LogP contribution in [0.3, 0.4) is 0 Å². The summed E-state index contributed by atoms with van der Waals surface area (Å²) < 4.78 is 0. The number of nitrogens with zero attached hydrogens (tertiary/aromatic N) is 1. The summed E-state index contributed by atoms with van der Waals surface area (Å²) in [5.41, 5.74) is 2.53. The Morgan fingerprint density at radius 1 is 1.18 bits per heavy atom. The van der Waals surface area contributed by atoms with Crippen molar-refractivity contribution >= 4 is 11.9 Å². The van der Waals surface area contributed by atoms with Crippen LogP contribution in [0.2, 0.25) is 0 Å². The number of benzene rings is 1.